The van der Waals surface area contributed by atoms with Crippen LogP contribution in [0.2, 0.25) is 0 Å². The number of benzene rings is 1. The maximum atomic E-state index is 12.2. The van der Waals surface area contributed by atoms with Crippen LogP contribution in [0.5, 0.6) is 0 Å². The Morgan fingerprint density at radius 2 is 2.15 bits per heavy atom. The van der Waals surface area contributed by atoms with Gasteiger partial charge in [0.2, 0.25) is 0 Å². The minimum Gasteiger partial charge on any atom is -0.348 e. The molecule has 2 rings (SSSR count). The molecular formula is C9H7F2NO. The Hall–Kier alpha value is -1.45. The van der Waals surface area contributed by atoms with Gasteiger partial charge in [0.05, 0.1) is 0 Å². The van der Waals surface area contributed by atoms with E-state index in [-0.39, 0.29) is 11.5 Å². The van der Waals surface area contributed by atoms with Gasteiger partial charge in [0, 0.05) is 17.7 Å². The zero-order valence-electron chi connectivity index (χ0n) is 6.68. The van der Waals surface area contributed by atoms with E-state index in [1.165, 1.54) is 18.2 Å². The number of carbonyl (C=O) groups excluding carboxylic acids is 1. The largest absolute Gasteiger partial charge is 0.348 e. The number of hydrogen-bond donors (Lipinski definition) is 1. The van der Waals surface area contributed by atoms with Gasteiger partial charge in [0.25, 0.3) is 12.3 Å². The summed E-state index contributed by atoms with van der Waals surface area (Å²) in [6, 6.07) is 4.10. The predicted octanol–water partition coefficient (Wildman–Crippen LogP) is 1.87. The van der Waals surface area contributed by atoms with Gasteiger partial charge in [0.1, 0.15) is 0 Å². The van der Waals surface area contributed by atoms with Crippen molar-refractivity contribution in [3.05, 3.63) is 34.9 Å². The average molecular weight is 183 g/mol. The normalized spacial score (nSPS) is 14.5. The van der Waals surface area contributed by atoms with Gasteiger partial charge in [-0.15, -0.1) is 0 Å². The lowest BCUT2D eigenvalue weighted by atomic mass is 10.1. The molecule has 1 aliphatic rings. The number of carbonyl (C=O) groups is 1. The fraction of sp³-hybridized carbons (Fsp3) is 0.222. The molecule has 1 amide bonds. The van der Waals surface area contributed by atoms with Crippen LogP contribution in [0, 0.1) is 0 Å². The SMILES string of the molecule is O=C1NCc2cc(C(F)F)ccc21. The van der Waals surface area contributed by atoms with E-state index in [1.54, 1.807) is 0 Å². The first kappa shape index (κ1) is 8.16. The standard InChI is InChI=1S/C9H7F2NO/c10-8(11)5-1-2-7-6(3-5)4-12-9(7)13/h1-3,8H,4H2,(H,12,13). The maximum Gasteiger partial charge on any atom is 0.263 e. The molecule has 0 saturated heterocycles. The van der Waals surface area contributed by atoms with Crippen LogP contribution in [0.25, 0.3) is 0 Å². The van der Waals surface area contributed by atoms with Crippen molar-refractivity contribution in [1.29, 1.82) is 0 Å². The number of hydrogen-bond acceptors (Lipinski definition) is 1. The summed E-state index contributed by atoms with van der Waals surface area (Å²) in [6.45, 7) is 0.356. The number of amides is 1. The van der Waals surface area contributed by atoms with E-state index < -0.39 is 6.43 Å². The minimum atomic E-state index is -2.47. The van der Waals surface area contributed by atoms with Gasteiger partial charge in [-0.3, -0.25) is 4.79 Å². The van der Waals surface area contributed by atoms with Crippen molar-refractivity contribution >= 4 is 5.91 Å². The van der Waals surface area contributed by atoms with Gasteiger partial charge in [-0.25, -0.2) is 8.78 Å². The molecule has 0 spiro atoms. The van der Waals surface area contributed by atoms with Gasteiger partial charge in [-0.1, -0.05) is 6.07 Å². The lowest BCUT2D eigenvalue weighted by Gasteiger charge is -2.00. The summed E-state index contributed by atoms with van der Waals surface area (Å²) in [7, 11) is 0. The Labute approximate surface area is 73.6 Å². The first-order valence-electron chi connectivity index (χ1n) is 3.87. The van der Waals surface area contributed by atoms with Crippen molar-refractivity contribution < 1.29 is 13.6 Å². The highest BCUT2D eigenvalue weighted by Gasteiger charge is 2.20. The summed E-state index contributed by atoms with van der Waals surface area (Å²) in [4.78, 5) is 11.0. The highest BCUT2D eigenvalue weighted by atomic mass is 19.3. The number of nitrogens with one attached hydrogen (secondary N) is 1. The lowest BCUT2D eigenvalue weighted by molar-refractivity contribution is 0.0965. The van der Waals surface area contributed by atoms with Gasteiger partial charge >= 0.3 is 0 Å². The van der Waals surface area contributed by atoms with Crippen molar-refractivity contribution in [2.45, 2.75) is 13.0 Å². The Kier molecular flexibility index (Phi) is 1.76. The molecule has 68 valence electrons. The van der Waals surface area contributed by atoms with E-state index >= 15 is 0 Å². The van der Waals surface area contributed by atoms with Gasteiger partial charge < -0.3 is 5.32 Å². The molecule has 0 fully saturated rings. The van der Waals surface area contributed by atoms with Crippen LogP contribution in [-0.4, -0.2) is 5.91 Å². The van der Waals surface area contributed by atoms with Crippen molar-refractivity contribution in [3.8, 4) is 0 Å². The molecule has 1 aromatic rings. The summed E-state index contributed by atoms with van der Waals surface area (Å²) >= 11 is 0. The highest BCUT2D eigenvalue weighted by molar-refractivity contribution is 5.98. The molecule has 2 nitrogen and oxygen atoms in total. The average Bonchev–Trinajstić information content (AvgIpc) is 2.47. The van der Waals surface area contributed by atoms with Crippen molar-refractivity contribution in [2.75, 3.05) is 0 Å². The number of halogens is 2. The molecule has 1 aromatic carbocycles. The monoisotopic (exact) mass is 183 g/mol. The molecule has 0 aromatic heterocycles. The van der Waals surface area contributed by atoms with E-state index in [4.69, 9.17) is 0 Å². The number of alkyl halides is 2. The van der Waals surface area contributed by atoms with Crippen molar-refractivity contribution in [2.24, 2.45) is 0 Å². The van der Waals surface area contributed by atoms with Crippen LogP contribution in [0.1, 0.15) is 27.9 Å². The summed E-state index contributed by atoms with van der Waals surface area (Å²) in [5.74, 6) is -0.184. The summed E-state index contributed by atoms with van der Waals surface area (Å²) in [5, 5.41) is 2.57. The second kappa shape index (κ2) is 2.80. The number of fused-ring (bicyclic) bond motifs is 1. The molecular weight excluding hydrogens is 176 g/mol. The molecule has 0 bridgehead atoms. The summed E-state index contributed by atoms with van der Waals surface area (Å²) < 4.78 is 24.5. The van der Waals surface area contributed by atoms with Crippen LogP contribution >= 0.6 is 0 Å². The molecule has 1 heterocycles. The third-order valence-corrected chi connectivity index (χ3v) is 2.07. The quantitative estimate of drug-likeness (QED) is 0.707. The van der Waals surface area contributed by atoms with Crippen molar-refractivity contribution in [3.63, 3.8) is 0 Å². The van der Waals surface area contributed by atoms with Crippen LogP contribution < -0.4 is 5.32 Å². The molecule has 1 aliphatic heterocycles. The molecule has 0 radical (unpaired) electrons. The second-order valence-electron chi connectivity index (χ2n) is 2.90. The lowest BCUT2D eigenvalue weighted by Crippen LogP contribution is -2.12. The fourth-order valence-electron chi connectivity index (χ4n) is 1.39. The third kappa shape index (κ3) is 1.28. The van der Waals surface area contributed by atoms with E-state index in [9.17, 15) is 13.6 Å². The summed E-state index contributed by atoms with van der Waals surface area (Å²) in [6.07, 6.45) is -2.47. The zero-order valence-corrected chi connectivity index (χ0v) is 6.68. The maximum absolute atomic E-state index is 12.2. The Bertz CT molecular complexity index is 363. The van der Waals surface area contributed by atoms with E-state index in [1.807, 2.05) is 0 Å². The molecule has 1 N–H and O–H groups in total. The molecule has 0 atom stereocenters. The molecule has 0 saturated carbocycles. The molecule has 0 unspecified atom stereocenters. The van der Waals surface area contributed by atoms with E-state index in [0.717, 1.165) is 0 Å². The first-order chi connectivity index (χ1) is 6.18. The first-order valence-corrected chi connectivity index (χ1v) is 3.87. The van der Waals surface area contributed by atoms with Crippen LogP contribution in [0.15, 0.2) is 18.2 Å². The summed E-state index contributed by atoms with van der Waals surface area (Å²) in [5.41, 5.74) is 1.13. The molecule has 4 heteroatoms. The third-order valence-electron chi connectivity index (χ3n) is 2.07. The highest BCUT2D eigenvalue weighted by Crippen LogP contribution is 2.23. The predicted molar refractivity (Wildman–Crippen MR) is 42.6 cm³/mol. The van der Waals surface area contributed by atoms with E-state index in [0.29, 0.717) is 17.7 Å². The van der Waals surface area contributed by atoms with Crippen molar-refractivity contribution in [1.82, 2.24) is 5.32 Å². The fourth-order valence-corrected chi connectivity index (χ4v) is 1.39. The smallest absolute Gasteiger partial charge is 0.263 e. The van der Waals surface area contributed by atoms with Crippen LogP contribution in [0.4, 0.5) is 8.78 Å². The van der Waals surface area contributed by atoms with Gasteiger partial charge in [0.15, 0.2) is 0 Å². The Morgan fingerprint density at radius 1 is 1.38 bits per heavy atom. The molecule has 13 heavy (non-hydrogen) atoms. The molecule has 0 aliphatic carbocycles. The van der Waals surface area contributed by atoms with E-state index in [2.05, 4.69) is 5.32 Å². The van der Waals surface area contributed by atoms with Gasteiger partial charge in [-0.05, 0) is 17.7 Å². The number of rotatable bonds is 1. The second-order valence-corrected chi connectivity index (χ2v) is 2.90. The Morgan fingerprint density at radius 3 is 2.85 bits per heavy atom. The Balaban J connectivity index is 2.45. The minimum absolute atomic E-state index is 0.0322. The topological polar surface area (TPSA) is 29.1 Å². The zero-order chi connectivity index (χ0) is 9.42. The van der Waals surface area contributed by atoms with Crippen LogP contribution in [0.3, 0.4) is 0 Å². The van der Waals surface area contributed by atoms with Crippen LogP contribution in [-0.2, 0) is 6.54 Å². The van der Waals surface area contributed by atoms with Gasteiger partial charge in [-0.2, -0.15) is 0 Å².